The number of Topliss-reactive ketones (excluding diaryl/α,β-unsaturated/α-hetero) is 1. The molecule has 0 bridgehead atoms. The lowest BCUT2D eigenvalue weighted by molar-refractivity contribution is -0.141. The van der Waals surface area contributed by atoms with Gasteiger partial charge in [0.2, 0.25) is 5.09 Å². The predicted octanol–water partition coefficient (Wildman–Crippen LogP) is 4.62. The van der Waals surface area contributed by atoms with E-state index in [-0.39, 0.29) is 40.8 Å². The van der Waals surface area contributed by atoms with Crippen LogP contribution < -0.4 is 4.72 Å². The number of rotatable bonds is 8. The summed E-state index contributed by atoms with van der Waals surface area (Å²) in [6.07, 6.45) is -4.59. The van der Waals surface area contributed by atoms with Crippen molar-refractivity contribution in [1.82, 2.24) is 14.9 Å². The van der Waals surface area contributed by atoms with Gasteiger partial charge in [0.05, 0.1) is 11.7 Å². The number of nitrogens with one attached hydrogen (secondary N) is 1. The number of sulfonamides is 1. The largest absolute Gasteiger partial charge is 0.507 e. The number of benzene rings is 2. The van der Waals surface area contributed by atoms with Crippen LogP contribution in [-0.4, -0.2) is 35.5 Å². The van der Waals surface area contributed by atoms with E-state index in [1.807, 2.05) is 0 Å². The molecule has 2 heterocycles. The van der Waals surface area contributed by atoms with E-state index >= 15 is 0 Å². The highest BCUT2D eigenvalue weighted by molar-refractivity contribution is 7.89. The summed E-state index contributed by atoms with van der Waals surface area (Å²) in [4.78, 5) is 12.6. The van der Waals surface area contributed by atoms with Crippen molar-refractivity contribution in [1.29, 1.82) is 0 Å². The fourth-order valence-electron chi connectivity index (χ4n) is 3.53. The van der Waals surface area contributed by atoms with Crippen LogP contribution in [0.5, 0.6) is 5.75 Å². The number of fused-ring (bicyclic) bond motifs is 1. The maximum atomic E-state index is 13.4. The zero-order valence-electron chi connectivity index (χ0n) is 19.1. The van der Waals surface area contributed by atoms with Crippen LogP contribution in [0.1, 0.15) is 24.6 Å². The molecule has 0 spiro atoms. The quantitative estimate of drug-likeness (QED) is 0.315. The predicted molar refractivity (Wildman–Crippen MR) is 123 cm³/mol. The summed E-state index contributed by atoms with van der Waals surface area (Å²) >= 11 is 0. The Labute approximate surface area is 208 Å². The van der Waals surface area contributed by atoms with E-state index in [4.69, 9.17) is 4.42 Å². The van der Waals surface area contributed by atoms with Gasteiger partial charge in [-0.2, -0.15) is 17.9 Å². The number of ketones is 1. The van der Waals surface area contributed by atoms with Crippen molar-refractivity contribution in [2.45, 2.75) is 37.1 Å². The van der Waals surface area contributed by atoms with E-state index in [0.29, 0.717) is 5.56 Å². The molecule has 0 aliphatic carbocycles. The highest BCUT2D eigenvalue weighted by Crippen LogP contribution is 2.31. The number of alkyl halides is 3. The topological polar surface area (TPSA) is 122 Å². The number of aryl methyl sites for hydroxylation is 1. The van der Waals surface area contributed by atoms with Gasteiger partial charge >= 0.3 is 6.18 Å². The molecule has 2 N–H and O–H groups in total. The van der Waals surface area contributed by atoms with Crippen molar-refractivity contribution in [3.8, 4) is 17.0 Å². The Balaban J connectivity index is 1.42. The molecule has 1 atom stereocenters. The molecule has 13 heteroatoms. The first-order chi connectivity index (χ1) is 17.3. The summed E-state index contributed by atoms with van der Waals surface area (Å²) in [5.41, 5.74) is -0.325. The van der Waals surface area contributed by atoms with Crippen LogP contribution in [-0.2, 0) is 27.4 Å². The summed E-state index contributed by atoms with van der Waals surface area (Å²) in [6, 6.07) is 9.68. The van der Waals surface area contributed by atoms with Crippen LogP contribution >= 0.6 is 0 Å². The van der Waals surface area contributed by atoms with Crippen LogP contribution in [0.2, 0.25) is 0 Å². The van der Waals surface area contributed by atoms with Crippen molar-refractivity contribution in [3.63, 3.8) is 0 Å². The number of carbonyl (C=O) groups is 1. The molecule has 8 nitrogen and oxygen atoms in total. The summed E-state index contributed by atoms with van der Waals surface area (Å²) in [5.74, 6) is -1.25. The zero-order valence-corrected chi connectivity index (χ0v) is 19.9. The lowest BCUT2D eigenvalue weighted by Gasteiger charge is -2.12. The number of furan rings is 1. The standard InChI is InChI=1S/C24H19F4N3O5S/c1-13(31-37(34,35)23-12-15-11-16(25)4-8-21(15)36-23)19(32)6-2-14-3-7-20(33)17(10-14)18-5-9-22(30-29-18)24(26,27)28/h3-5,7-13,31,33H,2,6H2,1H3/t13-/m0/s1. The Morgan fingerprint density at radius 1 is 1.08 bits per heavy atom. The van der Waals surface area contributed by atoms with Crippen molar-refractivity contribution < 1.29 is 40.3 Å². The van der Waals surface area contributed by atoms with Crippen LogP contribution in [0.25, 0.3) is 22.2 Å². The Morgan fingerprint density at radius 3 is 2.51 bits per heavy atom. The maximum Gasteiger partial charge on any atom is 0.435 e. The van der Waals surface area contributed by atoms with E-state index in [9.17, 15) is 35.9 Å². The second-order valence-electron chi connectivity index (χ2n) is 8.21. The number of phenolic OH excluding ortho intramolecular Hbond substituents is 1. The highest BCUT2D eigenvalue weighted by atomic mass is 32.2. The minimum absolute atomic E-state index is 0.00511. The van der Waals surface area contributed by atoms with Crippen LogP contribution in [0.15, 0.2) is 64.1 Å². The number of aromatic hydroxyl groups is 1. The molecule has 0 aliphatic rings. The van der Waals surface area contributed by atoms with Crippen LogP contribution in [0.3, 0.4) is 0 Å². The van der Waals surface area contributed by atoms with E-state index in [0.717, 1.165) is 30.3 Å². The first-order valence-electron chi connectivity index (χ1n) is 10.8. The van der Waals surface area contributed by atoms with E-state index in [2.05, 4.69) is 14.9 Å². The Hall–Kier alpha value is -3.84. The minimum atomic E-state index is -4.66. The van der Waals surface area contributed by atoms with E-state index in [1.54, 1.807) is 0 Å². The van der Waals surface area contributed by atoms with Crippen molar-refractivity contribution in [2.24, 2.45) is 0 Å². The molecule has 0 unspecified atom stereocenters. The third-order valence-electron chi connectivity index (χ3n) is 5.49. The molecule has 37 heavy (non-hydrogen) atoms. The number of halogens is 4. The van der Waals surface area contributed by atoms with E-state index < -0.39 is 44.6 Å². The molecule has 2 aromatic carbocycles. The first kappa shape index (κ1) is 26.2. The van der Waals surface area contributed by atoms with Gasteiger partial charge in [-0.15, -0.1) is 10.2 Å². The molecule has 0 saturated heterocycles. The molecule has 0 aliphatic heterocycles. The lowest BCUT2D eigenvalue weighted by atomic mass is 10.0. The summed E-state index contributed by atoms with van der Waals surface area (Å²) < 4.78 is 84.3. The van der Waals surface area contributed by atoms with Gasteiger partial charge in [-0.05, 0) is 61.4 Å². The lowest BCUT2D eigenvalue weighted by Crippen LogP contribution is -2.38. The minimum Gasteiger partial charge on any atom is -0.507 e. The summed E-state index contributed by atoms with van der Waals surface area (Å²) in [5, 5.41) is 16.6. The van der Waals surface area contributed by atoms with Gasteiger partial charge < -0.3 is 9.52 Å². The molecule has 0 saturated carbocycles. The van der Waals surface area contributed by atoms with Crippen molar-refractivity contribution >= 4 is 26.8 Å². The van der Waals surface area contributed by atoms with Crippen molar-refractivity contribution in [2.75, 3.05) is 0 Å². The van der Waals surface area contributed by atoms with Gasteiger partial charge in [0.1, 0.15) is 17.1 Å². The number of aromatic nitrogens is 2. The van der Waals surface area contributed by atoms with Gasteiger partial charge in [-0.3, -0.25) is 4.79 Å². The van der Waals surface area contributed by atoms with Crippen LogP contribution in [0.4, 0.5) is 17.6 Å². The number of phenols is 1. The number of hydrogen-bond acceptors (Lipinski definition) is 7. The molecular formula is C24H19F4N3O5S. The van der Waals surface area contributed by atoms with Gasteiger partial charge in [0, 0.05) is 23.4 Å². The summed E-state index contributed by atoms with van der Waals surface area (Å²) in [6.45, 7) is 1.36. The molecule has 4 rings (SSSR count). The van der Waals surface area contributed by atoms with Crippen molar-refractivity contribution in [3.05, 3.63) is 71.7 Å². The molecule has 4 aromatic rings. The van der Waals surface area contributed by atoms with Crippen LogP contribution in [0, 0.1) is 5.82 Å². The monoisotopic (exact) mass is 537 g/mol. The Bertz CT molecular complexity index is 1570. The fourth-order valence-corrected chi connectivity index (χ4v) is 4.73. The Morgan fingerprint density at radius 2 is 1.84 bits per heavy atom. The smallest absolute Gasteiger partial charge is 0.435 e. The average Bonchev–Trinajstić information content (AvgIpc) is 3.27. The second kappa shape index (κ2) is 9.90. The third-order valence-corrected chi connectivity index (χ3v) is 6.88. The highest BCUT2D eigenvalue weighted by Gasteiger charge is 2.33. The van der Waals surface area contributed by atoms with Gasteiger partial charge in [0.25, 0.3) is 10.0 Å². The fraction of sp³-hybridized carbons (Fsp3) is 0.208. The molecular weight excluding hydrogens is 518 g/mol. The van der Waals surface area contributed by atoms with Gasteiger partial charge in [0.15, 0.2) is 11.5 Å². The maximum absolute atomic E-state index is 13.4. The molecule has 0 amide bonds. The second-order valence-corrected chi connectivity index (χ2v) is 9.85. The third kappa shape index (κ3) is 5.94. The number of carbonyl (C=O) groups excluding carboxylic acids is 1. The summed E-state index contributed by atoms with van der Waals surface area (Å²) in [7, 11) is -4.21. The first-order valence-corrected chi connectivity index (χ1v) is 12.3. The Kier molecular flexibility index (Phi) is 7.02. The van der Waals surface area contributed by atoms with Gasteiger partial charge in [-0.1, -0.05) is 6.07 Å². The van der Waals surface area contributed by atoms with Gasteiger partial charge in [-0.25, -0.2) is 12.8 Å². The molecule has 0 fully saturated rings. The molecule has 2 aromatic heterocycles. The van der Waals surface area contributed by atoms with E-state index in [1.165, 1.54) is 31.2 Å². The normalized spacial score (nSPS) is 13.1. The molecule has 194 valence electrons. The number of hydrogen-bond donors (Lipinski definition) is 2. The zero-order chi connectivity index (χ0) is 27.0. The average molecular weight is 537 g/mol. The molecule has 0 radical (unpaired) electrons. The number of nitrogens with zero attached hydrogens (tertiary/aromatic N) is 2. The SMILES string of the molecule is C[C@H](NS(=O)(=O)c1cc2cc(F)ccc2o1)C(=O)CCc1ccc(O)c(-c2ccc(C(F)(F)F)nn2)c1.